The highest BCUT2D eigenvalue weighted by Gasteiger charge is 2.26. The van der Waals surface area contributed by atoms with Gasteiger partial charge in [-0.2, -0.15) is 4.57 Å². The van der Waals surface area contributed by atoms with Crippen molar-refractivity contribution in [2.24, 2.45) is 0 Å². The molecule has 1 aliphatic heterocycles. The highest BCUT2D eigenvalue weighted by atomic mass is 35.5. The first kappa shape index (κ1) is 12.3. The maximum atomic E-state index is 12.2. The Kier molecular flexibility index (Phi) is 3.32. The number of carbonyl (C=O) groups excluding carboxylic acids is 1. The number of nitrogens with zero attached hydrogens (tertiary/aromatic N) is 2. The van der Waals surface area contributed by atoms with Crippen LogP contribution in [0, 0.1) is 0 Å². The molecule has 96 valence electrons. The van der Waals surface area contributed by atoms with Gasteiger partial charge < -0.3 is 0 Å². The molecule has 1 aromatic heterocycles. The number of fused-ring (bicyclic) bond motifs is 1. The summed E-state index contributed by atoms with van der Waals surface area (Å²) in [4.78, 5) is 14.3. The molecule has 3 rings (SSSR count). The molecule has 0 bridgehead atoms. The van der Waals surface area contributed by atoms with Gasteiger partial charge in [0, 0.05) is 22.7 Å². The van der Waals surface area contributed by atoms with Gasteiger partial charge in [0.1, 0.15) is 0 Å². The molecular formula is C15H14ClN2O+. The summed E-state index contributed by atoms with van der Waals surface area (Å²) in [6, 6.07) is 13.2. The van der Waals surface area contributed by atoms with Crippen LogP contribution in [0.1, 0.15) is 16.1 Å². The molecule has 0 spiro atoms. The number of carbonyl (C=O) groups is 1. The summed E-state index contributed by atoms with van der Waals surface area (Å²) in [5.41, 5.74) is 1.96. The van der Waals surface area contributed by atoms with E-state index in [0.717, 1.165) is 13.2 Å². The Balaban J connectivity index is 1.67. The van der Waals surface area contributed by atoms with E-state index >= 15 is 0 Å². The fraction of sp³-hybridized carbons (Fsp3) is 0.200. The Morgan fingerprint density at radius 1 is 1.21 bits per heavy atom. The Hall–Kier alpha value is -1.71. The summed E-state index contributed by atoms with van der Waals surface area (Å²) >= 11 is 5.82. The standard InChI is InChI=1S/C15H14ClN2O/c16-13-6-4-12(5-7-13)15(19)10-17-9-14-3-1-2-8-18(14)11-17/h1-8H,9-11H2/q+1. The van der Waals surface area contributed by atoms with Crippen LogP contribution in [-0.4, -0.2) is 17.2 Å². The van der Waals surface area contributed by atoms with Crippen molar-refractivity contribution in [2.75, 3.05) is 6.54 Å². The van der Waals surface area contributed by atoms with Crippen LogP contribution in [0.2, 0.25) is 5.02 Å². The van der Waals surface area contributed by atoms with Gasteiger partial charge in [0.15, 0.2) is 17.7 Å². The average Bonchev–Trinajstić information content (AvgIpc) is 2.81. The predicted molar refractivity (Wildman–Crippen MR) is 72.8 cm³/mol. The van der Waals surface area contributed by atoms with Crippen LogP contribution in [0.4, 0.5) is 0 Å². The second-order valence-electron chi connectivity index (χ2n) is 4.72. The number of aromatic nitrogens is 1. The molecule has 3 nitrogen and oxygen atoms in total. The molecule has 4 heteroatoms. The molecule has 1 aliphatic rings. The van der Waals surface area contributed by atoms with Crippen LogP contribution in [0.5, 0.6) is 0 Å². The minimum Gasteiger partial charge on any atom is -0.293 e. The van der Waals surface area contributed by atoms with Crippen LogP contribution >= 0.6 is 11.6 Å². The second-order valence-corrected chi connectivity index (χ2v) is 5.16. The molecule has 0 fully saturated rings. The summed E-state index contributed by atoms with van der Waals surface area (Å²) in [6.07, 6.45) is 2.04. The van der Waals surface area contributed by atoms with Gasteiger partial charge in [0.25, 0.3) is 0 Å². The number of halogens is 1. The molecule has 19 heavy (non-hydrogen) atoms. The molecule has 2 aromatic rings. The van der Waals surface area contributed by atoms with Crippen LogP contribution in [0.25, 0.3) is 0 Å². The van der Waals surface area contributed by atoms with Crippen molar-refractivity contribution in [1.29, 1.82) is 0 Å². The van der Waals surface area contributed by atoms with Crippen molar-refractivity contribution >= 4 is 17.4 Å². The van der Waals surface area contributed by atoms with Crippen LogP contribution in [-0.2, 0) is 13.2 Å². The maximum Gasteiger partial charge on any atom is 0.205 e. The summed E-state index contributed by atoms with van der Waals surface area (Å²) in [6.45, 7) is 2.03. The molecule has 0 unspecified atom stereocenters. The largest absolute Gasteiger partial charge is 0.293 e. The van der Waals surface area contributed by atoms with E-state index in [1.165, 1.54) is 5.69 Å². The van der Waals surface area contributed by atoms with Crippen molar-refractivity contribution in [3.63, 3.8) is 0 Å². The first-order valence-electron chi connectivity index (χ1n) is 6.21. The summed E-state index contributed by atoms with van der Waals surface area (Å²) in [7, 11) is 0. The lowest BCUT2D eigenvalue weighted by Crippen LogP contribution is -2.37. The minimum atomic E-state index is 0.130. The van der Waals surface area contributed by atoms with Crippen LogP contribution in [0.15, 0.2) is 48.7 Å². The molecule has 0 saturated carbocycles. The molecule has 2 heterocycles. The third-order valence-electron chi connectivity index (χ3n) is 3.31. The molecule has 0 N–H and O–H groups in total. The van der Waals surface area contributed by atoms with Gasteiger partial charge in [-0.1, -0.05) is 17.7 Å². The van der Waals surface area contributed by atoms with Crippen molar-refractivity contribution in [3.05, 3.63) is 64.9 Å². The van der Waals surface area contributed by atoms with Gasteiger partial charge in [-0.05, 0) is 24.3 Å². The molecule has 1 aromatic carbocycles. The zero-order valence-electron chi connectivity index (χ0n) is 10.4. The number of pyridine rings is 1. The molecular weight excluding hydrogens is 260 g/mol. The highest BCUT2D eigenvalue weighted by Crippen LogP contribution is 2.12. The third kappa shape index (κ3) is 2.67. The van der Waals surface area contributed by atoms with E-state index in [1.54, 1.807) is 24.3 Å². The number of benzene rings is 1. The lowest BCUT2D eigenvalue weighted by atomic mass is 10.1. The van der Waals surface area contributed by atoms with E-state index in [9.17, 15) is 4.79 Å². The zero-order chi connectivity index (χ0) is 13.2. The van der Waals surface area contributed by atoms with E-state index in [0.29, 0.717) is 17.1 Å². The predicted octanol–water partition coefficient (Wildman–Crippen LogP) is 2.28. The van der Waals surface area contributed by atoms with Crippen molar-refractivity contribution in [1.82, 2.24) is 4.90 Å². The van der Waals surface area contributed by atoms with Gasteiger partial charge in [-0.15, -0.1) is 0 Å². The van der Waals surface area contributed by atoms with Crippen LogP contribution < -0.4 is 4.57 Å². The minimum absolute atomic E-state index is 0.130. The maximum absolute atomic E-state index is 12.2. The Morgan fingerprint density at radius 3 is 2.74 bits per heavy atom. The summed E-state index contributed by atoms with van der Waals surface area (Å²) in [5, 5.41) is 0.653. The molecule has 0 saturated heterocycles. The Bertz CT molecular complexity index is 585. The van der Waals surface area contributed by atoms with E-state index < -0.39 is 0 Å². The van der Waals surface area contributed by atoms with Gasteiger partial charge in [-0.25, -0.2) is 4.90 Å². The van der Waals surface area contributed by atoms with E-state index in [4.69, 9.17) is 11.6 Å². The highest BCUT2D eigenvalue weighted by molar-refractivity contribution is 6.30. The van der Waals surface area contributed by atoms with Crippen molar-refractivity contribution in [3.8, 4) is 0 Å². The first-order chi connectivity index (χ1) is 9.22. The molecule has 0 atom stereocenters. The second kappa shape index (κ2) is 5.11. The van der Waals surface area contributed by atoms with Gasteiger partial charge >= 0.3 is 0 Å². The first-order valence-corrected chi connectivity index (χ1v) is 6.58. The number of hydrogen-bond donors (Lipinski definition) is 0. The fourth-order valence-electron chi connectivity index (χ4n) is 2.32. The third-order valence-corrected chi connectivity index (χ3v) is 3.56. The fourth-order valence-corrected chi connectivity index (χ4v) is 2.45. The number of Topliss-reactive ketones (excluding diaryl/α,β-unsaturated/α-hetero) is 1. The van der Waals surface area contributed by atoms with Crippen LogP contribution in [0.3, 0.4) is 0 Å². The Labute approximate surface area is 117 Å². The van der Waals surface area contributed by atoms with Gasteiger partial charge in [-0.3, -0.25) is 4.79 Å². The molecule has 0 radical (unpaired) electrons. The molecule has 0 aliphatic carbocycles. The number of rotatable bonds is 3. The lowest BCUT2D eigenvalue weighted by Gasteiger charge is -2.09. The average molecular weight is 274 g/mol. The smallest absolute Gasteiger partial charge is 0.205 e. The number of ketones is 1. The van der Waals surface area contributed by atoms with Crippen molar-refractivity contribution < 1.29 is 9.36 Å². The monoisotopic (exact) mass is 273 g/mol. The van der Waals surface area contributed by atoms with Gasteiger partial charge in [0.2, 0.25) is 6.67 Å². The number of hydrogen-bond acceptors (Lipinski definition) is 2. The lowest BCUT2D eigenvalue weighted by molar-refractivity contribution is -0.702. The van der Waals surface area contributed by atoms with E-state index in [-0.39, 0.29) is 5.78 Å². The zero-order valence-corrected chi connectivity index (χ0v) is 11.2. The van der Waals surface area contributed by atoms with E-state index in [1.807, 2.05) is 18.3 Å². The summed E-state index contributed by atoms with van der Waals surface area (Å²) in [5.74, 6) is 0.130. The Morgan fingerprint density at radius 2 is 2.00 bits per heavy atom. The quantitative estimate of drug-likeness (QED) is 0.633. The van der Waals surface area contributed by atoms with Crippen molar-refractivity contribution in [2.45, 2.75) is 13.2 Å². The summed E-state index contributed by atoms with van der Waals surface area (Å²) < 4.78 is 2.16. The topological polar surface area (TPSA) is 24.2 Å². The van der Waals surface area contributed by atoms with Gasteiger partial charge in [0.05, 0.1) is 13.1 Å². The normalized spacial score (nSPS) is 14.4. The SMILES string of the molecule is O=C(CN1Cc2cccc[n+]2C1)c1ccc(Cl)cc1. The molecule has 0 amide bonds. The van der Waals surface area contributed by atoms with E-state index in [2.05, 4.69) is 15.5 Å².